The predicted molar refractivity (Wildman–Crippen MR) is 136 cm³/mol. The second-order valence-corrected chi connectivity index (χ2v) is 10.4. The van der Waals surface area contributed by atoms with Crippen molar-refractivity contribution in [2.45, 2.75) is 45.4 Å². The lowest BCUT2D eigenvalue weighted by Gasteiger charge is -2.38. The second kappa shape index (κ2) is 10.1. The van der Waals surface area contributed by atoms with Crippen molar-refractivity contribution in [3.63, 3.8) is 0 Å². The van der Waals surface area contributed by atoms with Crippen molar-refractivity contribution in [2.75, 3.05) is 57.3 Å². The first-order valence-electron chi connectivity index (χ1n) is 12.9. The van der Waals surface area contributed by atoms with Crippen LogP contribution in [0.4, 0.5) is 5.69 Å². The van der Waals surface area contributed by atoms with Gasteiger partial charge >= 0.3 is 0 Å². The Kier molecular flexibility index (Phi) is 6.91. The van der Waals surface area contributed by atoms with Gasteiger partial charge in [-0.25, -0.2) is 0 Å². The van der Waals surface area contributed by atoms with Crippen LogP contribution in [0.15, 0.2) is 42.5 Å². The minimum Gasteiger partial charge on any atom is -0.390 e. The van der Waals surface area contributed by atoms with E-state index in [0.29, 0.717) is 25.7 Å². The first-order chi connectivity index (χ1) is 16.5. The van der Waals surface area contributed by atoms with Crippen molar-refractivity contribution in [3.8, 4) is 0 Å². The molecule has 6 heteroatoms. The summed E-state index contributed by atoms with van der Waals surface area (Å²) in [6.07, 6.45) is 1.34. The van der Waals surface area contributed by atoms with Crippen LogP contribution in [-0.4, -0.2) is 90.2 Å². The molecule has 1 fully saturated rings. The maximum absolute atomic E-state index is 13.2. The molecule has 2 aromatic carbocycles. The molecule has 3 aliphatic rings. The van der Waals surface area contributed by atoms with Gasteiger partial charge in [-0.15, -0.1) is 0 Å². The van der Waals surface area contributed by atoms with Gasteiger partial charge in [0.05, 0.1) is 6.10 Å². The molecule has 1 amide bonds. The average Bonchev–Trinajstić information content (AvgIpc) is 2.85. The number of rotatable bonds is 6. The Labute approximate surface area is 203 Å². The molecule has 1 saturated heterocycles. The molecule has 182 valence electrons. The molecule has 34 heavy (non-hydrogen) atoms. The van der Waals surface area contributed by atoms with E-state index in [9.17, 15) is 9.90 Å². The van der Waals surface area contributed by atoms with Crippen molar-refractivity contribution in [1.29, 1.82) is 0 Å². The molecule has 1 atom stereocenters. The van der Waals surface area contributed by atoms with E-state index in [-0.39, 0.29) is 5.91 Å². The molecule has 0 spiro atoms. The van der Waals surface area contributed by atoms with E-state index >= 15 is 0 Å². The molecule has 0 aliphatic carbocycles. The smallest absolute Gasteiger partial charge is 0.254 e. The highest BCUT2D eigenvalue weighted by molar-refractivity contribution is 5.97. The summed E-state index contributed by atoms with van der Waals surface area (Å²) in [5.74, 6) is 0.0560. The highest BCUT2D eigenvalue weighted by Gasteiger charge is 2.28. The number of amides is 1. The maximum atomic E-state index is 13.2. The van der Waals surface area contributed by atoms with Crippen molar-refractivity contribution in [1.82, 2.24) is 14.7 Å². The topological polar surface area (TPSA) is 50.3 Å². The summed E-state index contributed by atoms with van der Waals surface area (Å²) in [7, 11) is 0. The van der Waals surface area contributed by atoms with E-state index in [4.69, 9.17) is 0 Å². The van der Waals surface area contributed by atoms with Crippen molar-refractivity contribution in [2.24, 2.45) is 0 Å². The monoisotopic (exact) mass is 462 g/mol. The van der Waals surface area contributed by atoms with Crippen LogP contribution in [-0.2, 0) is 19.4 Å². The van der Waals surface area contributed by atoms with Gasteiger partial charge in [-0.2, -0.15) is 0 Å². The van der Waals surface area contributed by atoms with Gasteiger partial charge in [0.25, 0.3) is 5.91 Å². The highest BCUT2D eigenvalue weighted by atomic mass is 16.3. The SMILES string of the molecule is CC(C)N1CCN(c2ccc3c(c2)CCN(C[C@H](O)CN2CCc4ccccc4C2)C3=O)CC1. The zero-order valence-corrected chi connectivity index (χ0v) is 20.6. The zero-order valence-electron chi connectivity index (χ0n) is 20.6. The van der Waals surface area contributed by atoms with E-state index in [1.165, 1.54) is 16.8 Å². The van der Waals surface area contributed by atoms with E-state index in [2.05, 4.69) is 64.9 Å². The molecule has 1 N–H and O–H groups in total. The molecule has 0 saturated carbocycles. The van der Waals surface area contributed by atoms with E-state index in [0.717, 1.165) is 63.2 Å². The number of hydrogen-bond donors (Lipinski definition) is 1. The van der Waals surface area contributed by atoms with Gasteiger partial charge in [-0.05, 0) is 61.6 Å². The van der Waals surface area contributed by atoms with Crippen LogP contribution in [0.1, 0.15) is 40.9 Å². The van der Waals surface area contributed by atoms with E-state index in [1.807, 2.05) is 11.0 Å². The van der Waals surface area contributed by atoms with E-state index in [1.54, 1.807) is 0 Å². The largest absolute Gasteiger partial charge is 0.390 e. The first-order valence-corrected chi connectivity index (χ1v) is 12.9. The summed E-state index contributed by atoms with van der Waals surface area (Å²) in [4.78, 5) is 22.3. The minimum atomic E-state index is -0.535. The fourth-order valence-corrected chi connectivity index (χ4v) is 5.71. The molecule has 3 heterocycles. The van der Waals surface area contributed by atoms with Gasteiger partial charge < -0.3 is 14.9 Å². The standard InChI is InChI=1S/C28H38N4O2/c1-21(2)30-13-15-31(16-14-30)25-7-8-27-23(17-25)10-12-32(28(27)34)20-26(33)19-29-11-9-22-5-3-4-6-24(22)18-29/h3-8,17,21,26,33H,9-16,18-20H2,1-2H3/t26-/m1/s1. The van der Waals surface area contributed by atoms with Crippen molar-refractivity contribution >= 4 is 11.6 Å². The third-order valence-corrected chi connectivity index (χ3v) is 7.78. The average molecular weight is 463 g/mol. The summed E-state index contributed by atoms with van der Waals surface area (Å²) in [6, 6.07) is 15.5. The summed E-state index contributed by atoms with van der Waals surface area (Å²) in [5.41, 5.74) is 5.94. The molecule has 5 rings (SSSR count). The van der Waals surface area contributed by atoms with Crippen LogP contribution < -0.4 is 4.90 Å². The Morgan fingerprint density at radius 2 is 1.59 bits per heavy atom. The zero-order chi connectivity index (χ0) is 23.7. The summed E-state index contributed by atoms with van der Waals surface area (Å²) in [6.45, 7) is 12.3. The van der Waals surface area contributed by atoms with Crippen molar-refractivity contribution < 1.29 is 9.90 Å². The Morgan fingerprint density at radius 1 is 0.853 bits per heavy atom. The van der Waals surface area contributed by atoms with Gasteiger partial charge in [0.2, 0.25) is 0 Å². The van der Waals surface area contributed by atoms with E-state index < -0.39 is 6.10 Å². The summed E-state index contributed by atoms with van der Waals surface area (Å²) >= 11 is 0. The predicted octanol–water partition coefficient (Wildman–Crippen LogP) is 2.63. The van der Waals surface area contributed by atoms with Crippen LogP contribution in [0, 0.1) is 0 Å². The lowest BCUT2D eigenvalue weighted by molar-refractivity contribution is 0.0493. The Hall–Kier alpha value is -2.41. The quantitative estimate of drug-likeness (QED) is 0.715. The second-order valence-electron chi connectivity index (χ2n) is 10.4. The number of nitrogens with zero attached hydrogens (tertiary/aromatic N) is 4. The van der Waals surface area contributed by atoms with Gasteiger partial charge in [-0.3, -0.25) is 14.6 Å². The number of β-amino-alcohol motifs (C(OH)–C–C–N with tert-alkyl or cyclic N) is 1. The number of hydrogen-bond acceptors (Lipinski definition) is 5. The normalized spacial score (nSPS) is 20.4. The summed E-state index contributed by atoms with van der Waals surface area (Å²) < 4.78 is 0. The van der Waals surface area contributed by atoms with Crippen LogP contribution in [0.25, 0.3) is 0 Å². The van der Waals surface area contributed by atoms with Gasteiger partial charge in [-0.1, -0.05) is 24.3 Å². The third kappa shape index (κ3) is 4.99. The maximum Gasteiger partial charge on any atom is 0.254 e. The van der Waals surface area contributed by atoms with Crippen LogP contribution in [0.5, 0.6) is 0 Å². The number of fused-ring (bicyclic) bond motifs is 2. The number of benzene rings is 2. The minimum absolute atomic E-state index is 0.0560. The number of aliphatic hydroxyl groups is 1. The molecule has 0 aromatic heterocycles. The fraction of sp³-hybridized carbons (Fsp3) is 0.536. The Morgan fingerprint density at radius 3 is 2.35 bits per heavy atom. The molecule has 0 bridgehead atoms. The molecular formula is C28H38N4O2. The number of aliphatic hydroxyl groups excluding tert-OH is 1. The molecule has 0 unspecified atom stereocenters. The molecule has 3 aliphatic heterocycles. The molecule has 0 radical (unpaired) electrons. The lowest BCUT2D eigenvalue weighted by Crippen LogP contribution is -2.49. The van der Waals surface area contributed by atoms with Gasteiger partial charge in [0, 0.05) is 76.2 Å². The Balaban J connectivity index is 1.17. The van der Waals surface area contributed by atoms with Gasteiger partial charge in [0.15, 0.2) is 0 Å². The first kappa shape index (κ1) is 23.3. The third-order valence-electron chi connectivity index (χ3n) is 7.78. The molecule has 2 aromatic rings. The van der Waals surface area contributed by atoms with Crippen LogP contribution in [0.3, 0.4) is 0 Å². The van der Waals surface area contributed by atoms with Crippen LogP contribution >= 0.6 is 0 Å². The highest BCUT2D eigenvalue weighted by Crippen LogP contribution is 2.26. The summed E-state index contributed by atoms with van der Waals surface area (Å²) in [5, 5.41) is 10.8. The fourth-order valence-electron chi connectivity index (χ4n) is 5.71. The lowest BCUT2D eigenvalue weighted by atomic mass is 9.97. The Bertz CT molecular complexity index is 1020. The number of piperazine rings is 1. The molecule has 6 nitrogen and oxygen atoms in total. The van der Waals surface area contributed by atoms with Crippen molar-refractivity contribution in [3.05, 3.63) is 64.7 Å². The number of anilines is 1. The van der Waals surface area contributed by atoms with Gasteiger partial charge in [0.1, 0.15) is 0 Å². The number of carbonyl (C=O) groups is 1. The number of carbonyl (C=O) groups excluding carboxylic acids is 1. The van der Waals surface area contributed by atoms with Crippen LogP contribution in [0.2, 0.25) is 0 Å². The molecular weight excluding hydrogens is 424 g/mol.